The summed E-state index contributed by atoms with van der Waals surface area (Å²) in [6, 6.07) is 5.77. The Labute approximate surface area is 103 Å². The van der Waals surface area contributed by atoms with Gasteiger partial charge in [-0.3, -0.25) is 4.90 Å². The van der Waals surface area contributed by atoms with Crippen LogP contribution in [0.5, 0.6) is 0 Å². The zero-order valence-electron chi connectivity index (χ0n) is 10.6. The maximum absolute atomic E-state index is 13.3. The van der Waals surface area contributed by atoms with E-state index in [1.165, 1.54) is 18.4 Å². The van der Waals surface area contributed by atoms with Crippen LogP contribution in [0.2, 0.25) is 0 Å². The lowest BCUT2D eigenvalue weighted by Crippen LogP contribution is -2.39. The lowest BCUT2D eigenvalue weighted by molar-refractivity contribution is 0.125. The Morgan fingerprint density at radius 2 is 2.24 bits per heavy atom. The highest BCUT2D eigenvalue weighted by atomic mass is 19.1. The molecule has 17 heavy (non-hydrogen) atoms. The average Bonchev–Trinajstić information content (AvgIpc) is 2.32. The number of nitrogens with zero attached hydrogens (tertiary/aromatic N) is 1. The molecule has 2 rings (SSSR count). The van der Waals surface area contributed by atoms with E-state index in [4.69, 9.17) is 5.73 Å². The summed E-state index contributed by atoms with van der Waals surface area (Å²) in [5.41, 5.74) is 7.78. The Morgan fingerprint density at radius 3 is 2.88 bits per heavy atom. The van der Waals surface area contributed by atoms with E-state index in [-0.39, 0.29) is 5.82 Å². The first kappa shape index (κ1) is 12.5. The highest BCUT2D eigenvalue weighted by Crippen LogP contribution is 2.34. The number of hydrogen-bond donors (Lipinski definition) is 1. The molecule has 0 amide bonds. The SMILES string of the molecule is Cc1cc(C2C(CN)CCCN2C)ccc1F. The molecule has 0 spiro atoms. The molecule has 2 N–H and O–H groups in total. The third-order valence-electron chi connectivity index (χ3n) is 3.83. The van der Waals surface area contributed by atoms with Crippen LogP contribution in [0.15, 0.2) is 18.2 Å². The topological polar surface area (TPSA) is 29.3 Å². The van der Waals surface area contributed by atoms with Crippen molar-refractivity contribution in [3.8, 4) is 0 Å². The number of benzene rings is 1. The van der Waals surface area contributed by atoms with E-state index in [1.54, 1.807) is 6.07 Å². The van der Waals surface area contributed by atoms with Crippen molar-refractivity contribution in [1.82, 2.24) is 4.90 Å². The number of hydrogen-bond acceptors (Lipinski definition) is 2. The van der Waals surface area contributed by atoms with Gasteiger partial charge in [-0.2, -0.15) is 0 Å². The van der Waals surface area contributed by atoms with Gasteiger partial charge in [0.05, 0.1) is 0 Å². The molecule has 1 aliphatic rings. The number of halogens is 1. The Balaban J connectivity index is 2.31. The number of rotatable bonds is 2. The van der Waals surface area contributed by atoms with Crippen molar-refractivity contribution in [2.75, 3.05) is 20.1 Å². The van der Waals surface area contributed by atoms with Gasteiger partial charge in [-0.25, -0.2) is 4.39 Å². The van der Waals surface area contributed by atoms with Crippen LogP contribution in [0.3, 0.4) is 0 Å². The van der Waals surface area contributed by atoms with Crippen molar-refractivity contribution in [3.05, 3.63) is 35.1 Å². The summed E-state index contributed by atoms with van der Waals surface area (Å²) in [5.74, 6) is 0.357. The van der Waals surface area contributed by atoms with Gasteiger partial charge in [0.15, 0.2) is 0 Å². The van der Waals surface area contributed by atoms with Gasteiger partial charge in [-0.15, -0.1) is 0 Å². The third-order valence-corrected chi connectivity index (χ3v) is 3.83. The fourth-order valence-corrected chi connectivity index (χ4v) is 2.88. The summed E-state index contributed by atoms with van der Waals surface area (Å²) < 4.78 is 13.3. The molecular formula is C14H21FN2. The summed E-state index contributed by atoms with van der Waals surface area (Å²) in [6.45, 7) is 3.61. The minimum Gasteiger partial charge on any atom is -0.330 e. The molecule has 0 bridgehead atoms. The first-order valence-electron chi connectivity index (χ1n) is 6.30. The standard InChI is InChI=1S/C14H21FN2/c1-10-8-11(5-6-13(10)15)14-12(9-16)4-3-7-17(14)2/h5-6,8,12,14H,3-4,7,9,16H2,1-2H3. The smallest absolute Gasteiger partial charge is 0.126 e. The fraction of sp³-hybridized carbons (Fsp3) is 0.571. The molecule has 0 aromatic heterocycles. The van der Waals surface area contributed by atoms with Crippen LogP contribution >= 0.6 is 0 Å². The molecule has 0 saturated carbocycles. The summed E-state index contributed by atoms with van der Waals surface area (Å²) in [7, 11) is 2.13. The zero-order valence-corrected chi connectivity index (χ0v) is 10.6. The molecule has 1 saturated heterocycles. The van der Waals surface area contributed by atoms with Gasteiger partial charge in [0.2, 0.25) is 0 Å². The Morgan fingerprint density at radius 1 is 1.47 bits per heavy atom. The summed E-state index contributed by atoms with van der Waals surface area (Å²) in [4.78, 5) is 2.34. The number of piperidine rings is 1. The number of likely N-dealkylation sites (tertiary alicyclic amines) is 1. The third kappa shape index (κ3) is 2.50. The molecule has 2 atom stereocenters. The highest BCUT2D eigenvalue weighted by Gasteiger charge is 2.29. The monoisotopic (exact) mass is 236 g/mol. The first-order valence-corrected chi connectivity index (χ1v) is 6.30. The molecule has 1 fully saturated rings. The minimum atomic E-state index is -0.128. The van der Waals surface area contributed by atoms with Gasteiger partial charge in [-0.05, 0) is 63.0 Å². The molecule has 94 valence electrons. The fourth-order valence-electron chi connectivity index (χ4n) is 2.88. The van der Waals surface area contributed by atoms with E-state index >= 15 is 0 Å². The molecule has 1 aromatic carbocycles. The molecule has 0 aliphatic carbocycles. The van der Waals surface area contributed by atoms with Crippen LogP contribution in [0.4, 0.5) is 4.39 Å². The second kappa shape index (κ2) is 5.15. The molecule has 1 aromatic rings. The summed E-state index contributed by atoms with van der Waals surface area (Å²) >= 11 is 0. The number of aryl methyl sites for hydroxylation is 1. The van der Waals surface area contributed by atoms with E-state index < -0.39 is 0 Å². The Kier molecular flexibility index (Phi) is 3.79. The highest BCUT2D eigenvalue weighted by molar-refractivity contribution is 5.27. The molecule has 1 heterocycles. The molecule has 0 radical (unpaired) electrons. The minimum absolute atomic E-state index is 0.128. The maximum Gasteiger partial charge on any atom is 0.126 e. The zero-order chi connectivity index (χ0) is 12.4. The van der Waals surface area contributed by atoms with Crippen LogP contribution in [0.25, 0.3) is 0 Å². The molecule has 2 nitrogen and oxygen atoms in total. The predicted molar refractivity (Wildman–Crippen MR) is 68.3 cm³/mol. The Bertz CT molecular complexity index is 392. The summed E-state index contributed by atoms with van der Waals surface area (Å²) in [5, 5.41) is 0. The second-order valence-corrected chi connectivity index (χ2v) is 5.07. The Hall–Kier alpha value is -0.930. The van der Waals surface area contributed by atoms with E-state index in [9.17, 15) is 4.39 Å². The van der Waals surface area contributed by atoms with Gasteiger partial charge in [0, 0.05) is 6.04 Å². The van der Waals surface area contributed by atoms with Gasteiger partial charge < -0.3 is 5.73 Å². The first-order chi connectivity index (χ1) is 8.13. The molecule has 2 unspecified atom stereocenters. The van der Waals surface area contributed by atoms with Crippen molar-refractivity contribution in [2.24, 2.45) is 11.7 Å². The average molecular weight is 236 g/mol. The van der Waals surface area contributed by atoms with Crippen molar-refractivity contribution in [3.63, 3.8) is 0 Å². The molecule has 3 heteroatoms. The van der Waals surface area contributed by atoms with Crippen LogP contribution in [-0.2, 0) is 0 Å². The van der Waals surface area contributed by atoms with Crippen molar-refractivity contribution < 1.29 is 4.39 Å². The van der Waals surface area contributed by atoms with Crippen molar-refractivity contribution >= 4 is 0 Å². The van der Waals surface area contributed by atoms with Crippen molar-refractivity contribution in [2.45, 2.75) is 25.8 Å². The van der Waals surface area contributed by atoms with Gasteiger partial charge >= 0.3 is 0 Å². The van der Waals surface area contributed by atoms with Crippen molar-refractivity contribution in [1.29, 1.82) is 0 Å². The lowest BCUT2D eigenvalue weighted by Gasteiger charge is -2.39. The van der Waals surface area contributed by atoms with E-state index in [1.807, 2.05) is 19.1 Å². The quantitative estimate of drug-likeness (QED) is 0.854. The molecular weight excluding hydrogens is 215 g/mol. The maximum atomic E-state index is 13.3. The van der Waals surface area contributed by atoms with Crippen LogP contribution in [0.1, 0.15) is 30.0 Å². The predicted octanol–water partition coefficient (Wildman–Crippen LogP) is 2.48. The van der Waals surface area contributed by atoms with Gasteiger partial charge in [0.1, 0.15) is 5.82 Å². The van der Waals surface area contributed by atoms with Crippen LogP contribution in [0, 0.1) is 18.7 Å². The van der Waals surface area contributed by atoms with Crippen LogP contribution < -0.4 is 5.73 Å². The van der Waals surface area contributed by atoms with Crippen LogP contribution in [-0.4, -0.2) is 25.0 Å². The van der Waals surface area contributed by atoms with E-state index in [0.717, 1.165) is 12.1 Å². The lowest BCUT2D eigenvalue weighted by atomic mass is 9.84. The van der Waals surface area contributed by atoms with E-state index in [0.29, 0.717) is 18.5 Å². The van der Waals surface area contributed by atoms with E-state index in [2.05, 4.69) is 11.9 Å². The summed E-state index contributed by atoms with van der Waals surface area (Å²) in [6.07, 6.45) is 2.37. The number of nitrogens with two attached hydrogens (primary N) is 1. The van der Waals surface area contributed by atoms with Gasteiger partial charge in [-0.1, -0.05) is 12.1 Å². The molecule has 1 aliphatic heterocycles. The largest absolute Gasteiger partial charge is 0.330 e. The normalized spacial score (nSPS) is 26.1. The second-order valence-electron chi connectivity index (χ2n) is 5.07. The van der Waals surface area contributed by atoms with Gasteiger partial charge in [0.25, 0.3) is 0 Å².